The van der Waals surface area contributed by atoms with Crippen molar-refractivity contribution in [3.63, 3.8) is 0 Å². The second-order valence-corrected chi connectivity index (χ2v) is 7.17. The lowest BCUT2D eigenvalue weighted by molar-refractivity contribution is -0.0445. The Morgan fingerprint density at radius 3 is 2.50 bits per heavy atom. The lowest BCUT2D eigenvalue weighted by Crippen LogP contribution is -2.38. The fourth-order valence-corrected chi connectivity index (χ4v) is 4.77. The van der Waals surface area contributed by atoms with E-state index in [1.165, 1.54) is 17.5 Å². The van der Waals surface area contributed by atoms with E-state index < -0.39 is 0 Å². The number of oxime groups is 1. The standard InChI is InChI=1S/C21H21NO2/c1-3-7-14(8-4-1)13-23-18-12-16-11-17(18)19-20(22-24-21(16)19)15-9-5-2-6-10-15/h1-10,16-19,21H,11-13H2/t16-,17+,18-,19-,21-/m0/s1. The maximum Gasteiger partial charge on any atom is 0.139 e. The first-order valence-corrected chi connectivity index (χ1v) is 8.85. The van der Waals surface area contributed by atoms with Gasteiger partial charge in [0.1, 0.15) is 6.10 Å². The van der Waals surface area contributed by atoms with Gasteiger partial charge in [0.15, 0.2) is 0 Å². The van der Waals surface area contributed by atoms with E-state index in [4.69, 9.17) is 9.57 Å². The molecule has 0 unspecified atom stereocenters. The van der Waals surface area contributed by atoms with Crippen LogP contribution in [0.3, 0.4) is 0 Å². The Balaban J connectivity index is 1.33. The molecule has 2 bridgehead atoms. The quantitative estimate of drug-likeness (QED) is 0.852. The van der Waals surface area contributed by atoms with Crippen molar-refractivity contribution in [1.29, 1.82) is 0 Å². The predicted molar refractivity (Wildman–Crippen MR) is 92.6 cm³/mol. The zero-order chi connectivity index (χ0) is 15.9. The molecule has 0 spiro atoms. The Labute approximate surface area is 142 Å². The van der Waals surface area contributed by atoms with Crippen LogP contribution in [0.2, 0.25) is 0 Å². The van der Waals surface area contributed by atoms with Crippen LogP contribution >= 0.6 is 0 Å². The number of nitrogens with zero attached hydrogens (tertiary/aromatic N) is 1. The molecule has 0 radical (unpaired) electrons. The molecule has 3 aliphatic rings. The van der Waals surface area contributed by atoms with Crippen LogP contribution in [0.5, 0.6) is 0 Å². The second kappa shape index (κ2) is 5.75. The first kappa shape index (κ1) is 14.2. The van der Waals surface area contributed by atoms with E-state index >= 15 is 0 Å². The minimum Gasteiger partial charge on any atom is -0.391 e. The second-order valence-electron chi connectivity index (χ2n) is 7.17. The Hall–Kier alpha value is -2.13. The van der Waals surface area contributed by atoms with Crippen LogP contribution in [0.25, 0.3) is 0 Å². The van der Waals surface area contributed by atoms with E-state index in [1.807, 2.05) is 12.1 Å². The third-order valence-electron chi connectivity index (χ3n) is 5.83. The van der Waals surface area contributed by atoms with Gasteiger partial charge in [0, 0.05) is 5.92 Å². The molecule has 24 heavy (non-hydrogen) atoms. The Kier molecular flexibility index (Phi) is 3.41. The van der Waals surface area contributed by atoms with Gasteiger partial charge in [-0.05, 0) is 29.9 Å². The number of benzene rings is 2. The van der Waals surface area contributed by atoms with Gasteiger partial charge in [0.2, 0.25) is 0 Å². The molecular formula is C21H21NO2. The topological polar surface area (TPSA) is 30.8 Å². The molecule has 5 rings (SSSR count). The van der Waals surface area contributed by atoms with Crippen LogP contribution in [0.1, 0.15) is 24.0 Å². The molecule has 2 aromatic rings. The van der Waals surface area contributed by atoms with Gasteiger partial charge in [0.05, 0.1) is 24.3 Å². The van der Waals surface area contributed by atoms with Crippen molar-refractivity contribution in [1.82, 2.24) is 0 Å². The van der Waals surface area contributed by atoms with E-state index in [9.17, 15) is 0 Å². The zero-order valence-corrected chi connectivity index (χ0v) is 13.5. The van der Waals surface area contributed by atoms with Crippen LogP contribution in [-0.4, -0.2) is 17.9 Å². The molecule has 122 valence electrons. The van der Waals surface area contributed by atoms with Crippen LogP contribution in [0.4, 0.5) is 0 Å². The van der Waals surface area contributed by atoms with Gasteiger partial charge in [-0.25, -0.2) is 0 Å². The summed E-state index contributed by atoms with van der Waals surface area (Å²) >= 11 is 0. The van der Waals surface area contributed by atoms with Crippen LogP contribution in [0, 0.1) is 17.8 Å². The lowest BCUT2D eigenvalue weighted by atomic mass is 9.79. The molecule has 5 atom stereocenters. The number of fused-ring (bicyclic) bond motifs is 5. The maximum absolute atomic E-state index is 6.30. The van der Waals surface area contributed by atoms with Crippen molar-refractivity contribution in [3.05, 3.63) is 71.8 Å². The summed E-state index contributed by atoms with van der Waals surface area (Å²) in [6.07, 6.45) is 2.91. The van der Waals surface area contributed by atoms with Crippen molar-refractivity contribution in [2.24, 2.45) is 22.9 Å². The molecule has 2 aliphatic carbocycles. The highest BCUT2D eigenvalue weighted by molar-refractivity contribution is 6.03. The third-order valence-corrected chi connectivity index (χ3v) is 5.83. The maximum atomic E-state index is 6.30. The fourth-order valence-electron chi connectivity index (χ4n) is 4.77. The summed E-state index contributed by atoms with van der Waals surface area (Å²) in [6, 6.07) is 20.9. The predicted octanol–water partition coefficient (Wildman–Crippen LogP) is 4.03. The molecule has 1 heterocycles. The van der Waals surface area contributed by atoms with Crippen LogP contribution < -0.4 is 0 Å². The average Bonchev–Trinajstić information content (AvgIpc) is 3.33. The summed E-state index contributed by atoms with van der Waals surface area (Å²) in [5.41, 5.74) is 3.57. The summed E-state index contributed by atoms with van der Waals surface area (Å²) in [5.74, 6) is 1.52. The molecule has 1 aliphatic heterocycles. The van der Waals surface area contributed by atoms with Gasteiger partial charge in [-0.2, -0.15) is 0 Å². The molecule has 2 saturated carbocycles. The van der Waals surface area contributed by atoms with E-state index in [0.717, 1.165) is 12.1 Å². The smallest absolute Gasteiger partial charge is 0.139 e. The molecule has 3 heteroatoms. The highest BCUT2D eigenvalue weighted by Gasteiger charge is 2.58. The monoisotopic (exact) mass is 319 g/mol. The molecule has 0 aromatic heterocycles. The van der Waals surface area contributed by atoms with E-state index in [0.29, 0.717) is 30.5 Å². The lowest BCUT2D eigenvalue weighted by Gasteiger charge is -2.30. The molecule has 0 amide bonds. The van der Waals surface area contributed by atoms with Gasteiger partial charge >= 0.3 is 0 Å². The van der Waals surface area contributed by atoms with E-state index in [-0.39, 0.29) is 6.10 Å². The minimum atomic E-state index is 0.266. The number of ether oxygens (including phenoxy) is 1. The van der Waals surface area contributed by atoms with Gasteiger partial charge in [-0.15, -0.1) is 0 Å². The van der Waals surface area contributed by atoms with Gasteiger partial charge in [-0.3, -0.25) is 0 Å². The summed E-state index contributed by atoms with van der Waals surface area (Å²) in [6.45, 7) is 0.699. The van der Waals surface area contributed by atoms with Crippen molar-refractivity contribution in [3.8, 4) is 0 Å². The van der Waals surface area contributed by atoms with Crippen LogP contribution in [-0.2, 0) is 16.2 Å². The third kappa shape index (κ3) is 2.27. The van der Waals surface area contributed by atoms with Gasteiger partial charge < -0.3 is 9.57 Å². The first-order chi connectivity index (χ1) is 11.9. The largest absolute Gasteiger partial charge is 0.391 e. The number of rotatable bonds is 4. The molecule has 2 fully saturated rings. The van der Waals surface area contributed by atoms with Crippen LogP contribution in [0.15, 0.2) is 65.8 Å². The van der Waals surface area contributed by atoms with E-state index in [1.54, 1.807) is 0 Å². The molecular weight excluding hydrogens is 298 g/mol. The normalized spacial score (nSPS) is 33.2. The first-order valence-electron chi connectivity index (χ1n) is 8.85. The fraction of sp³-hybridized carbons (Fsp3) is 0.381. The SMILES string of the molecule is c1ccc(CO[C@H]2C[C@@H]3C[C@H]2[C@H]2C(c4ccccc4)=NO[C@@H]32)cc1. The minimum absolute atomic E-state index is 0.266. The van der Waals surface area contributed by atoms with Gasteiger partial charge in [-0.1, -0.05) is 65.8 Å². The summed E-state index contributed by atoms with van der Waals surface area (Å²) in [7, 11) is 0. The van der Waals surface area contributed by atoms with Crippen molar-refractivity contribution in [2.75, 3.05) is 0 Å². The highest BCUT2D eigenvalue weighted by atomic mass is 16.6. The average molecular weight is 319 g/mol. The number of hydrogen-bond donors (Lipinski definition) is 0. The van der Waals surface area contributed by atoms with Gasteiger partial charge in [0.25, 0.3) is 0 Å². The van der Waals surface area contributed by atoms with Crippen molar-refractivity contribution >= 4 is 5.71 Å². The summed E-state index contributed by atoms with van der Waals surface area (Å²) in [4.78, 5) is 5.82. The Bertz CT molecular complexity index is 743. The number of hydrogen-bond acceptors (Lipinski definition) is 3. The Morgan fingerprint density at radius 1 is 0.958 bits per heavy atom. The molecule has 0 N–H and O–H groups in total. The summed E-state index contributed by atoms with van der Waals surface area (Å²) < 4.78 is 6.30. The Morgan fingerprint density at radius 2 is 1.71 bits per heavy atom. The molecule has 2 aromatic carbocycles. The summed E-state index contributed by atoms with van der Waals surface area (Å²) in [5, 5.41) is 4.45. The zero-order valence-electron chi connectivity index (χ0n) is 13.5. The van der Waals surface area contributed by atoms with Crippen molar-refractivity contribution in [2.45, 2.75) is 31.7 Å². The molecule has 0 saturated heterocycles. The van der Waals surface area contributed by atoms with E-state index in [2.05, 4.69) is 53.7 Å². The van der Waals surface area contributed by atoms with Crippen molar-refractivity contribution < 1.29 is 9.57 Å². The molecule has 3 nitrogen and oxygen atoms in total. The highest BCUT2D eigenvalue weighted by Crippen LogP contribution is 2.54.